The quantitative estimate of drug-likeness (QED) is 0.847. The number of hydrogen-bond donors (Lipinski definition) is 0. The van der Waals surface area contributed by atoms with Gasteiger partial charge in [-0.3, -0.25) is 4.79 Å². The number of amides is 1. The molecule has 0 aromatic carbocycles. The van der Waals surface area contributed by atoms with E-state index < -0.39 is 12.1 Å². The number of aromatic nitrogens is 2. The summed E-state index contributed by atoms with van der Waals surface area (Å²) in [4.78, 5) is 18.5. The van der Waals surface area contributed by atoms with Crippen LogP contribution in [0.1, 0.15) is 43.0 Å². The van der Waals surface area contributed by atoms with Crippen LogP contribution in [0.2, 0.25) is 0 Å². The monoisotopic (exact) mass is 345 g/mol. The lowest BCUT2D eigenvalue weighted by Gasteiger charge is -2.32. The number of thiophene rings is 1. The van der Waals surface area contributed by atoms with E-state index in [0.717, 1.165) is 17.7 Å². The van der Waals surface area contributed by atoms with Crippen LogP contribution in [-0.2, 0) is 11.0 Å². The van der Waals surface area contributed by atoms with E-state index in [4.69, 9.17) is 0 Å². The van der Waals surface area contributed by atoms with Gasteiger partial charge in [-0.15, -0.1) is 11.3 Å². The molecule has 1 aliphatic rings. The molecule has 23 heavy (non-hydrogen) atoms. The first-order valence-electron chi connectivity index (χ1n) is 7.17. The molecule has 3 heterocycles. The van der Waals surface area contributed by atoms with Gasteiger partial charge in [0.15, 0.2) is 0 Å². The highest BCUT2D eigenvalue weighted by Gasteiger charge is 2.38. The van der Waals surface area contributed by atoms with Gasteiger partial charge in [0.25, 0.3) is 0 Å². The normalized spacial score (nSPS) is 17.6. The maximum absolute atomic E-state index is 12.5. The smallest absolute Gasteiger partial charge is 0.335 e. The molecule has 0 radical (unpaired) electrons. The number of alkyl halides is 3. The van der Waals surface area contributed by atoms with Crippen LogP contribution in [0, 0.1) is 0 Å². The molecule has 5 nitrogen and oxygen atoms in total. The number of halogens is 3. The third kappa shape index (κ3) is 3.24. The molecular formula is C14H14F3N3O2S. The largest absolute Gasteiger partial charge is 0.471 e. The third-order valence-corrected chi connectivity index (χ3v) is 5.01. The van der Waals surface area contributed by atoms with Gasteiger partial charge in [-0.2, -0.15) is 18.2 Å². The Kier molecular flexibility index (Phi) is 4.13. The Morgan fingerprint density at radius 2 is 2.13 bits per heavy atom. The van der Waals surface area contributed by atoms with E-state index in [1.165, 1.54) is 11.3 Å². The highest BCUT2D eigenvalue weighted by Crippen LogP contribution is 2.35. The number of piperidine rings is 1. The molecule has 1 fully saturated rings. The zero-order valence-electron chi connectivity index (χ0n) is 12.3. The summed E-state index contributed by atoms with van der Waals surface area (Å²) in [6, 6.07) is 3.32. The zero-order valence-corrected chi connectivity index (χ0v) is 13.1. The van der Waals surface area contributed by atoms with Gasteiger partial charge in [0, 0.05) is 17.8 Å². The summed E-state index contributed by atoms with van der Waals surface area (Å²) >= 11 is 1.27. The van der Waals surface area contributed by atoms with E-state index >= 15 is 0 Å². The van der Waals surface area contributed by atoms with Crippen molar-refractivity contribution in [3.63, 3.8) is 0 Å². The molecule has 0 bridgehead atoms. The van der Waals surface area contributed by atoms with E-state index in [9.17, 15) is 18.0 Å². The second kappa shape index (κ2) is 5.95. The van der Waals surface area contributed by atoms with Crippen LogP contribution < -0.4 is 0 Å². The first-order valence-corrected chi connectivity index (χ1v) is 7.98. The second-order valence-electron chi connectivity index (χ2n) is 5.34. The number of carbonyl (C=O) groups is 1. The summed E-state index contributed by atoms with van der Waals surface area (Å²) < 4.78 is 41.7. The minimum atomic E-state index is -4.65. The number of likely N-dealkylation sites (tertiary alicyclic amines) is 1. The van der Waals surface area contributed by atoms with Gasteiger partial charge in [-0.1, -0.05) is 5.16 Å². The first kappa shape index (κ1) is 16.0. The van der Waals surface area contributed by atoms with Crippen molar-refractivity contribution in [2.45, 2.75) is 38.4 Å². The lowest BCUT2D eigenvalue weighted by Crippen LogP contribution is -2.36. The molecule has 1 aliphatic heterocycles. The molecule has 1 atom stereocenters. The van der Waals surface area contributed by atoms with Gasteiger partial charge >= 0.3 is 12.1 Å². The van der Waals surface area contributed by atoms with Crippen LogP contribution in [0.15, 0.2) is 16.7 Å². The molecule has 1 unspecified atom stereocenters. The molecule has 3 rings (SSSR count). The van der Waals surface area contributed by atoms with Crippen LogP contribution in [0.25, 0.3) is 10.7 Å². The van der Waals surface area contributed by atoms with Crippen molar-refractivity contribution in [1.82, 2.24) is 15.0 Å². The van der Waals surface area contributed by atoms with E-state index in [2.05, 4.69) is 14.7 Å². The molecular weight excluding hydrogens is 331 g/mol. The minimum Gasteiger partial charge on any atom is -0.335 e. The van der Waals surface area contributed by atoms with Crippen molar-refractivity contribution in [2.75, 3.05) is 6.54 Å². The molecule has 0 aliphatic carbocycles. The van der Waals surface area contributed by atoms with Crippen LogP contribution in [0.3, 0.4) is 0 Å². The standard InChI is InChI=1S/C14H14F3N3O2S/c1-8(20-7-3-2-4-11(20)21)9-5-6-10(23-9)12-18-13(22-19-12)14(15,16)17/h5-6,8H,2-4,7H2,1H3. The fourth-order valence-electron chi connectivity index (χ4n) is 2.53. The molecule has 2 aromatic heterocycles. The topological polar surface area (TPSA) is 59.2 Å². The summed E-state index contributed by atoms with van der Waals surface area (Å²) in [6.45, 7) is 2.61. The number of nitrogens with zero attached hydrogens (tertiary/aromatic N) is 3. The fraction of sp³-hybridized carbons (Fsp3) is 0.500. The Morgan fingerprint density at radius 3 is 2.78 bits per heavy atom. The number of hydrogen-bond acceptors (Lipinski definition) is 5. The maximum Gasteiger partial charge on any atom is 0.471 e. The van der Waals surface area contributed by atoms with Crippen LogP contribution in [0.5, 0.6) is 0 Å². The average Bonchev–Trinajstić information content (AvgIpc) is 3.15. The highest BCUT2D eigenvalue weighted by atomic mass is 32.1. The van der Waals surface area contributed by atoms with Crippen LogP contribution in [-0.4, -0.2) is 27.5 Å². The Balaban J connectivity index is 1.80. The van der Waals surface area contributed by atoms with Crippen molar-refractivity contribution in [2.24, 2.45) is 0 Å². The average molecular weight is 345 g/mol. The Hall–Kier alpha value is -1.90. The summed E-state index contributed by atoms with van der Waals surface area (Å²) in [5.74, 6) is -1.34. The first-order chi connectivity index (χ1) is 10.9. The van der Waals surface area contributed by atoms with Gasteiger partial charge in [-0.05, 0) is 31.9 Å². The van der Waals surface area contributed by atoms with E-state index in [-0.39, 0.29) is 17.8 Å². The van der Waals surface area contributed by atoms with E-state index in [0.29, 0.717) is 17.8 Å². The Labute approximate surface area is 134 Å². The molecule has 0 N–H and O–H groups in total. The van der Waals surface area contributed by atoms with Gasteiger partial charge in [0.2, 0.25) is 11.7 Å². The van der Waals surface area contributed by atoms with Crippen molar-refractivity contribution < 1.29 is 22.5 Å². The molecule has 124 valence electrons. The molecule has 0 saturated carbocycles. The third-order valence-electron chi connectivity index (χ3n) is 3.75. The summed E-state index contributed by atoms with van der Waals surface area (Å²) in [5, 5.41) is 3.38. The zero-order chi connectivity index (χ0) is 16.6. The van der Waals surface area contributed by atoms with Gasteiger partial charge in [0.1, 0.15) is 0 Å². The van der Waals surface area contributed by atoms with Crippen LogP contribution >= 0.6 is 11.3 Å². The van der Waals surface area contributed by atoms with Gasteiger partial charge in [0.05, 0.1) is 10.9 Å². The Bertz CT molecular complexity index is 710. The molecule has 2 aromatic rings. The number of carbonyl (C=O) groups excluding carboxylic acids is 1. The highest BCUT2D eigenvalue weighted by molar-refractivity contribution is 7.15. The lowest BCUT2D eigenvalue weighted by atomic mass is 10.1. The van der Waals surface area contributed by atoms with E-state index in [1.54, 1.807) is 17.0 Å². The fourth-order valence-corrected chi connectivity index (χ4v) is 3.52. The van der Waals surface area contributed by atoms with Crippen molar-refractivity contribution >= 4 is 17.2 Å². The van der Waals surface area contributed by atoms with E-state index in [1.807, 2.05) is 6.92 Å². The minimum absolute atomic E-state index is 0.0919. The Morgan fingerprint density at radius 1 is 1.35 bits per heavy atom. The maximum atomic E-state index is 12.5. The predicted molar refractivity (Wildman–Crippen MR) is 76.6 cm³/mol. The van der Waals surface area contributed by atoms with Crippen LogP contribution in [0.4, 0.5) is 13.2 Å². The molecule has 1 saturated heterocycles. The van der Waals surface area contributed by atoms with Gasteiger partial charge < -0.3 is 9.42 Å². The summed E-state index contributed by atoms with van der Waals surface area (Å²) in [6.07, 6.45) is -2.24. The summed E-state index contributed by atoms with van der Waals surface area (Å²) in [5.41, 5.74) is 0. The SMILES string of the molecule is CC(c1ccc(-c2noc(C(F)(F)F)n2)s1)N1CCCCC1=O. The predicted octanol–water partition coefficient (Wildman–Crippen LogP) is 3.89. The second-order valence-corrected chi connectivity index (χ2v) is 6.46. The van der Waals surface area contributed by atoms with Crippen molar-refractivity contribution in [1.29, 1.82) is 0 Å². The number of rotatable bonds is 3. The summed E-state index contributed by atoms with van der Waals surface area (Å²) in [7, 11) is 0. The van der Waals surface area contributed by atoms with Crippen molar-refractivity contribution in [3.8, 4) is 10.7 Å². The van der Waals surface area contributed by atoms with Crippen molar-refractivity contribution in [3.05, 3.63) is 22.9 Å². The van der Waals surface area contributed by atoms with Gasteiger partial charge in [-0.25, -0.2) is 0 Å². The molecule has 0 spiro atoms. The molecule has 9 heteroatoms. The lowest BCUT2D eigenvalue weighted by molar-refractivity contribution is -0.159. The molecule has 1 amide bonds.